The Kier molecular flexibility index (Phi) is 3.55. The molecule has 80 valence electrons. The number of nitrogens with one attached hydrogen (secondary N) is 1. The fraction of sp³-hybridized carbons (Fsp3) is 0.250. The molecule has 0 saturated carbocycles. The van der Waals surface area contributed by atoms with Crippen LogP contribution in [0.15, 0.2) is 18.3 Å². The number of pyridine rings is 1. The van der Waals surface area contributed by atoms with Crippen LogP contribution in [0.2, 0.25) is 0 Å². The summed E-state index contributed by atoms with van der Waals surface area (Å²) in [6.07, 6.45) is 1.31. The van der Waals surface area contributed by atoms with Crippen LogP contribution in [0, 0.1) is 10.1 Å². The normalized spacial score (nSPS) is 9.40. The van der Waals surface area contributed by atoms with E-state index in [9.17, 15) is 14.9 Å². The van der Waals surface area contributed by atoms with E-state index < -0.39 is 10.9 Å². The number of carbonyl (C=O) groups excluding carboxylic acids is 1. The van der Waals surface area contributed by atoms with Gasteiger partial charge in [-0.05, 0) is 22.0 Å². The molecule has 0 aromatic carbocycles. The summed E-state index contributed by atoms with van der Waals surface area (Å²) < 4.78 is 4.38. The third kappa shape index (κ3) is 2.90. The average Bonchev–Trinajstić information content (AvgIpc) is 2.26. The van der Waals surface area contributed by atoms with Crippen LogP contribution in [0.5, 0.6) is 0 Å². The highest BCUT2D eigenvalue weighted by Crippen LogP contribution is 2.19. The lowest BCUT2D eigenvalue weighted by Crippen LogP contribution is -2.15. The monoisotopic (exact) mass is 211 g/mol. The number of nitrogens with zero attached hydrogens (tertiary/aromatic N) is 2. The number of rotatable bonds is 4. The fourth-order valence-corrected chi connectivity index (χ4v) is 0.920. The minimum Gasteiger partial charge on any atom is -0.468 e. The van der Waals surface area contributed by atoms with Crippen LogP contribution in [0.4, 0.5) is 11.5 Å². The molecular weight excluding hydrogens is 202 g/mol. The molecule has 7 heteroatoms. The minimum absolute atomic E-state index is 0.136. The Bertz CT molecular complexity index is 380. The third-order valence-electron chi connectivity index (χ3n) is 1.61. The van der Waals surface area contributed by atoms with Gasteiger partial charge in [0.25, 0.3) is 0 Å². The van der Waals surface area contributed by atoms with Crippen molar-refractivity contribution in [2.24, 2.45) is 0 Å². The molecule has 0 aliphatic carbocycles. The maximum absolute atomic E-state index is 10.8. The SMILES string of the molecule is COC(=O)CNc1cccnc1[N+](=O)[O-]. The van der Waals surface area contributed by atoms with Crippen molar-refractivity contribution < 1.29 is 14.5 Å². The molecule has 0 amide bonds. The van der Waals surface area contributed by atoms with Crippen LogP contribution in [0.1, 0.15) is 0 Å². The number of esters is 1. The number of hydrogen-bond donors (Lipinski definition) is 1. The van der Waals surface area contributed by atoms with Crippen LogP contribution < -0.4 is 5.32 Å². The standard InChI is InChI=1S/C8H9N3O4/c1-15-7(12)5-10-6-3-2-4-9-8(6)11(13)14/h2-4,10H,5H2,1H3. The number of nitro groups is 1. The molecule has 0 radical (unpaired) electrons. The number of anilines is 1. The molecule has 0 aliphatic heterocycles. The van der Waals surface area contributed by atoms with Crippen molar-refractivity contribution in [1.29, 1.82) is 0 Å². The molecule has 0 fully saturated rings. The zero-order chi connectivity index (χ0) is 11.3. The van der Waals surface area contributed by atoms with Gasteiger partial charge in [0.1, 0.15) is 18.4 Å². The second kappa shape index (κ2) is 4.89. The molecule has 1 aromatic rings. The number of methoxy groups -OCH3 is 1. The molecule has 0 bridgehead atoms. The van der Waals surface area contributed by atoms with Crippen LogP contribution in [-0.4, -0.2) is 29.5 Å². The van der Waals surface area contributed by atoms with Crippen LogP contribution in [0.3, 0.4) is 0 Å². The van der Waals surface area contributed by atoms with Crippen molar-refractivity contribution in [3.63, 3.8) is 0 Å². The fourth-order valence-electron chi connectivity index (χ4n) is 0.920. The van der Waals surface area contributed by atoms with E-state index in [1.807, 2.05) is 0 Å². The molecule has 15 heavy (non-hydrogen) atoms. The van der Waals surface area contributed by atoms with Gasteiger partial charge < -0.3 is 20.2 Å². The smallest absolute Gasteiger partial charge is 0.386 e. The van der Waals surface area contributed by atoms with Gasteiger partial charge in [-0.2, -0.15) is 0 Å². The molecule has 1 aromatic heterocycles. The van der Waals surface area contributed by atoms with Crippen molar-refractivity contribution in [2.45, 2.75) is 0 Å². The maximum atomic E-state index is 10.8. The first-order chi connectivity index (χ1) is 7.15. The number of hydrogen-bond acceptors (Lipinski definition) is 6. The topological polar surface area (TPSA) is 94.4 Å². The largest absolute Gasteiger partial charge is 0.468 e. The van der Waals surface area contributed by atoms with E-state index in [2.05, 4.69) is 15.0 Å². The predicted octanol–water partition coefficient (Wildman–Crippen LogP) is 0.575. The third-order valence-corrected chi connectivity index (χ3v) is 1.61. The van der Waals surface area contributed by atoms with Gasteiger partial charge in [-0.15, -0.1) is 0 Å². The summed E-state index contributed by atoms with van der Waals surface area (Å²) in [5.74, 6) is -0.824. The molecule has 1 N–H and O–H groups in total. The molecule has 0 saturated heterocycles. The zero-order valence-corrected chi connectivity index (χ0v) is 7.97. The van der Waals surface area contributed by atoms with E-state index in [-0.39, 0.29) is 18.1 Å². The molecule has 7 nitrogen and oxygen atoms in total. The second-order valence-electron chi connectivity index (χ2n) is 2.56. The summed E-state index contributed by atoms with van der Waals surface area (Å²) in [6, 6.07) is 3.00. The molecule has 0 aliphatic rings. The van der Waals surface area contributed by atoms with E-state index in [1.54, 1.807) is 0 Å². The maximum Gasteiger partial charge on any atom is 0.386 e. The lowest BCUT2D eigenvalue weighted by atomic mass is 10.4. The Morgan fingerprint density at radius 3 is 3.07 bits per heavy atom. The van der Waals surface area contributed by atoms with Gasteiger partial charge in [0.2, 0.25) is 0 Å². The van der Waals surface area contributed by atoms with E-state index >= 15 is 0 Å². The minimum atomic E-state index is -0.625. The highest BCUT2D eigenvalue weighted by molar-refractivity contribution is 5.75. The number of ether oxygens (including phenoxy) is 1. The Labute approximate surface area is 85.2 Å². The van der Waals surface area contributed by atoms with Crippen LogP contribution in [0.25, 0.3) is 0 Å². The summed E-state index contributed by atoms with van der Waals surface area (Å²) >= 11 is 0. The van der Waals surface area contributed by atoms with Crippen molar-refractivity contribution in [1.82, 2.24) is 4.98 Å². The van der Waals surface area contributed by atoms with E-state index in [0.717, 1.165) is 0 Å². The quantitative estimate of drug-likeness (QED) is 0.444. The lowest BCUT2D eigenvalue weighted by Gasteiger charge is -2.04. The summed E-state index contributed by atoms with van der Waals surface area (Å²) in [5.41, 5.74) is 0.188. The van der Waals surface area contributed by atoms with Gasteiger partial charge in [0, 0.05) is 0 Å². The van der Waals surface area contributed by atoms with E-state index in [0.29, 0.717) is 0 Å². The summed E-state index contributed by atoms with van der Waals surface area (Å²) in [7, 11) is 1.24. The van der Waals surface area contributed by atoms with Crippen molar-refractivity contribution in [3.05, 3.63) is 28.4 Å². The van der Waals surface area contributed by atoms with Gasteiger partial charge in [-0.1, -0.05) is 0 Å². The number of aromatic nitrogens is 1. The molecule has 0 unspecified atom stereocenters. The average molecular weight is 211 g/mol. The first-order valence-electron chi connectivity index (χ1n) is 4.05. The zero-order valence-electron chi connectivity index (χ0n) is 7.97. The van der Waals surface area contributed by atoms with E-state index in [1.165, 1.54) is 25.4 Å². The van der Waals surface area contributed by atoms with Crippen molar-refractivity contribution in [3.8, 4) is 0 Å². The van der Waals surface area contributed by atoms with Crippen molar-refractivity contribution >= 4 is 17.5 Å². The highest BCUT2D eigenvalue weighted by atomic mass is 16.6. The first-order valence-corrected chi connectivity index (χ1v) is 4.05. The van der Waals surface area contributed by atoms with Gasteiger partial charge >= 0.3 is 11.8 Å². The van der Waals surface area contributed by atoms with Crippen molar-refractivity contribution in [2.75, 3.05) is 19.0 Å². The van der Waals surface area contributed by atoms with Gasteiger partial charge in [-0.25, -0.2) is 0 Å². The van der Waals surface area contributed by atoms with Crippen LogP contribution >= 0.6 is 0 Å². The summed E-state index contributed by atoms with van der Waals surface area (Å²) in [4.78, 5) is 24.3. The Morgan fingerprint density at radius 2 is 2.47 bits per heavy atom. The number of carbonyl (C=O) groups is 1. The molecular formula is C8H9N3O4. The molecule has 1 heterocycles. The lowest BCUT2D eigenvalue weighted by molar-refractivity contribution is -0.388. The van der Waals surface area contributed by atoms with Crippen LogP contribution in [-0.2, 0) is 9.53 Å². The molecule has 0 spiro atoms. The summed E-state index contributed by atoms with van der Waals surface area (Å²) in [6.45, 7) is -0.136. The second-order valence-corrected chi connectivity index (χ2v) is 2.56. The Morgan fingerprint density at radius 1 is 1.73 bits per heavy atom. The summed E-state index contributed by atoms with van der Waals surface area (Å²) in [5, 5.41) is 13.1. The molecule has 1 rings (SSSR count). The van der Waals surface area contributed by atoms with E-state index in [4.69, 9.17) is 0 Å². The van der Waals surface area contributed by atoms with Gasteiger partial charge in [0.15, 0.2) is 0 Å². The Hall–Kier alpha value is -2.18. The van der Waals surface area contributed by atoms with Gasteiger partial charge in [0.05, 0.1) is 7.11 Å². The first kappa shape index (κ1) is 10.9. The highest BCUT2D eigenvalue weighted by Gasteiger charge is 2.14. The van der Waals surface area contributed by atoms with Gasteiger partial charge in [-0.3, -0.25) is 4.79 Å². The molecule has 0 atom stereocenters. The predicted molar refractivity (Wildman–Crippen MR) is 51.4 cm³/mol. The Balaban J connectivity index is 2.76.